The number of aromatic carboxylic acids is 1. The minimum Gasteiger partial charge on any atom is -0.478 e. The number of carboxylic acids is 1. The summed E-state index contributed by atoms with van der Waals surface area (Å²) in [7, 11) is 0. The second-order valence-electron chi connectivity index (χ2n) is 5.71. The highest BCUT2D eigenvalue weighted by Crippen LogP contribution is 2.32. The number of nitrogens with zero attached hydrogens (tertiary/aromatic N) is 2. The smallest absolute Gasteiger partial charge is 0.337 e. The molecule has 0 spiro atoms. The number of ether oxygens (including phenoxy) is 1. The Morgan fingerprint density at radius 2 is 2.24 bits per heavy atom. The molecule has 2 fully saturated rings. The number of aromatic nitrogens is 1. The minimum atomic E-state index is -0.969. The van der Waals surface area contributed by atoms with Crippen molar-refractivity contribution in [2.75, 3.05) is 24.7 Å². The maximum Gasteiger partial charge on any atom is 0.337 e. The molecule has 21 heavy (non-hydrogen) atoms. The molecule has 3 atom stereocenters. The van der Waals surface area contributed by atoms with E-state index >= 15 is 0 Å². The monoisotopic (exact) mass is 292 g/mol. The van der Waals surface area contributed by atoms with E-state index in [0.717, 1.165) is 25.2 Å². The third-order valence-corrected chi connectivity index (χ3v) is 4.45. The van der Waals surface area contributed by atoms with E-state index in [9.17, 15) is 9.90 Å². The van der Waals surface area contributed by atoms with Gasteiger partial charge in [-0.2, -0.15) is 0 Å². The lowest BCUT2D eigenvalue weighted by molar-refractivity contribution is -0.0438. The lowest BCUT2D eigenvalue weighted by atomic mass is 9.89. The highest BCUT2D eigenvalue weighted by Gasteiger charge is 2.38. The van der Waals surface area contributed by atoms with Crippen LogP contribution in [0.5, 0.6) is 0 Å². The van der Waals surface area contributed by atoms with Crippen molar-refractivity contribution >= 4 is 11.8 Å². The first-order valence-corrected chi connectivity index (χ1v) is 7.38. The van der Waals surface area contributed by atoms with Crippen LogP contribution in [0.25, 0.3) is 0 Å². The molecule has 3 heterocycles. The second-order valence-corrected chi connectivity index (χ2v) is 5.71. The summed E-state index contributed by atoms with van der Waals surface area (Å²) in [4.78, 5) is 17.3. The second kappa shape index (κ2) is 5.99. The van der Waals surface area contributed by atoms with Crippen molar-refractivity contribution in [3.63, 3.8) is 0 Å². The van der Waals surface area contributed by atoms with Gasteiger partial charge in [0.15, 0.2) is 0 Å². The number of carbonyl (C=O) groups is 1. The summed E-state index contributed by atoms with van der Waals surface area (Å²) < 4.78 is 5.51. The largest absolute Gasteiger partial charge is 0.478 e. The summed E-state index contributed by atoms with van der Waals surface area (Å²) >= 11 is 0. The summed E-state index contributed by atoms with van der Waals surface area (Å²) in [6.45, 7) is 2.08. The first kappa shape index (κ1) is 14.3. The first-order chi connectivity index (χ1) is 10.2. The highest BCUT2D eigenvalue weighted by molar-refractivity contribution is 5.87. The molecule has 6 heteroatoms. The van der Waals surface area contributed by atoms with Gasteiger partial charge in [0.1, 0.15) is 5.82 Å². The van der Waals surface area contributed by atoms with Gasteiger partial charge in [-0.05, 0) is 31.4 Å². The molecule has 2 saturated heterocycles. The number of pyridine rings is 1. The molecule has 2 aliphatic heterocycles. The molecule has 1 aromatic rings. The molecule has 114 valence electrons. The van der Waals surface area contributed by atoms with E-state index in [-0.39, 0.29) is 23.6 Å². The van der Waals surface area contributed by atoms with Crippen LogP contribution < -0.4 is 4.90 Å². The van der Waals surface area contributed by atoms with E-state index in [2.05, 4.69) is 9.88 Å². The minimum absolute atomic E-state index is 0.0993. The normalized spacial score (nSPS) is 29.6. The van der Waals surface area contributed by atoms with E-state index < -0.39 is 5.97 Å². The molecule has 0 aromatic carbocycles. The number of carboxylic acid groups (broad SMARTS) is 1. The van der Waals surface area contributed by atoms with Crippen LogP contribution in [0.15, 0.2) is 18.3 Å². The van der Waals surface area contributed by atoms with Gasteiger partial charge in [-0.1, -0.05) is 0 Å². The number of aliphatic hydroxyl groups excluding tert-OH is 1. The van der Waals surface area contributed by atoms with Gasteiger partial charge in [0, 0.05) is 31.3 Å². The van der Waals surface area contributed by atoms with Crippen LogP contribution in [0.4, 0.5) is 5.82 Å². The molecule has 0 bridgehead atoms. The van der Waals surface area contributed by atoms with E-state index in [1.54, 1.807) is 12.1 Å². The fourth-order valence-corrected chi connectivity index (χ4v) is 3.32. The third-order valence-electron chi connectivity index (χ3n) is 4.45. The summed E-state index contributed by atoms with van der Waals surface area (Å²) in [5.41, 5.74) is 0.190. The quantitative estimate of drug-likeness (QED) is 0.869. The van der Waals surface area contributed by atoms with Crippen LogP contribution in [0.3, 0.4) is 0 Å². The van der Waals surface area contributed by atoms with E-state index in [1.165, 1.54) is 6.20 Å². The summed E-state index contributed by atoms with van der Waals surface area (Å²) in [5.74, 6) is -0.0920. The summed E-state index contributed by atoms with van der Waals surface area (Å²) in [6.07, 6.45) is 3.80. The van der Waals surface area contributed by atoms with Crippen LogP contribution in [0.1, 0.15) is 29.6 Å². The van der Waals surface area contributed by atoms with Gasteiger partial charge in [0.2, 0.25) is 0 Å². The van der Waals surface area contributed by atoms with Gasteiger partial charge in [-0.3, -0.25) is 0 Å². The molecule has 2 aliphatic rings. The Balaban J connectivity index is 1.78. The lowest BCUT2D eigenvalue weighted by Gasteiger charge is -2.37. The summed E-state index contributed by atoms with van der Waals surface area (Å²) in [6, 6.07) is 3.54. The number of aliphatic hydroxyl groups is 1. The van der Waals surface area contributed by atoms with Crippen molar-refractivity contribution in [1.82, 2.24) is 4.98 Å². The van der Waals surface area contributed by atoms with Crippen molar-refractivity contribution in [2.45, 2.75) is 31.4 Å². The van der Waals surface area contributed by atoms with Gasteiger partial charge in [0.05, 0.1) is 18.3 Å². The number of hydrogen-bond acceptors (Lipinski definition) is 5. The van der Waals surface area contributed by atoms with Gasteiger partial charge in [0.25, 0.3) is 0 Å². The van der Waals surface area contributed by atoms with Crippen molar-refractivity contribution in [2.24, 2.45) is 5.92 Å². The molecular weight excluding hydrogens is 272 g/mol. The van der Waals surface area contributed by atoms with Gasteiger partial charge in [-0.25, -0.2) is 9.78 Å². The maximum atomic E-state index is 10.9. The van der Waals surface area contributed by atoms with Crippen molar-refractivity contribution in [1.29, 1.82) is 0 Å². The molecule has 1 aromatic heterocycles. The molecule has 0 saturated carbocycles. The Bertz CT molecular complexity index is 505. The molecule has 3 unspecified atom stereocenters. The molecule has 6 nitrogen and oxygen atoms in total. The van der Waals surface area contributed by atoms with Crippen molar-refractivity contribution < 1.29 is 19.7 Å². The van der Waals surface area contributed by atoms with Crippen molar-refractivity contribution in [3.05, 3.63) is 23.9 Å². The van der Waals surface area contributed by atoms with E-state index in [1.807, 2.05) is 0 Å². The van der Waals surface area contributed by atoms with E-state index in [4.69, 9.17) is 9.84 Å². The number of hydrogen-bond donors (Lipinski definition) is 2. The SMILES string of the molecule is O=C(O)c1ccc(N2CCCC2C2COCCC2O)nc1. The Hall–Kier alpha value is -1.66. The molecule has 0 radical (unpaired) electrons. The predicted octanol–water partition coefficient (Wildman–Crippen LogP) is 1.15. The van der Waals surface area contributed by atoms with Crippen LogP contribution in [0, 0.1) is 5.92 Å². The first-order valence-electron chi connectivity index (χ1n) is 7.38. The fraction of sp³-hybridized carbons (Fsp3) is 0.600. The standard InChI is InChI=1S/C15H20N2O4/c18-13-5-7-21-9-11(13)12-2-1-6-17(12)14-4-3-10(8-16-14)15(19)20/h3-4,8,11-13,18H,1-2,5-7,9H2,(H,19,20). The van der Waals surface area contributed by atoms with Crippen LogP contribution in [-0.4, -0.2) is 53.1 Å². The number of anilines is 1. The van der Waals surface area contributed by atoms with Crippen LogP contribution in [-0.2, 0) is 4.74 Å². The van der Waals surface area contributed by atoms with Crippen molar-refractivity contribution in [3.8, 4) is 0 Å². The Kier molecular flexibility index (Phi) is 4.07. The maximum absolute atomic E-state index is 10.9. The summed E-state index contributed by atoms with van der Waals surface area (Å²) in [5, 5.41) is 19.1. The zero-order valence-corrected chi connectivity index (χ0v) is 11.8. The van der Waals surface area contributed by atoms with Crippen LogP contribution >= 0.6 is 0 Å². The molecule has 0 amide bonds. The zero-order valence-electron chi connectivity index (χ0n) is 11.8. The fourth-order valence-electron chi connectivity index (χ4n) is 3.32. The van der Waals surface area contributed by atoms with E-state index in [0.29, 0.717) is 19.6 Å². The third kappa shape index (κ3) is 2.87. The molecule has 2 N–H and O–H groups in total. The highest BCUT2D eigenvalue weighted by atomic mass is 16.5. The number of rotatable bonds is 3. The van der Waals surface area contributed by atoms with Gasteiger partial charge in [-0.15, -0.1) is 0 Å². The van der Waals surface area contributed by atoms with Gasteiger partial charge >= 0.3 is 5.97 Å². The Labute approximate surface area is 123 Å². The van der Waals surface area contributed by atoms with Gasteiger partial charge < -0.3 is 19.8 Å². The Morgan fingerprint density at radius 3 is 2.90 bits per heavy atom. The average molecular weight is 292 g/mol. The zero-order chi connectivity index (χ0) is 14.8. The molecular formula is C15H20N2O4. The average Bonchev–Trinajstić information content (AvgIpc) is 2.97. The lowest BCUT2D eigenvalue weighted by Crippen LogP contribution is -2.46. The topological polar surface area (TPSA) is 82.9 Å². The van der Waals surface area contributed by atoms with Crippen LogP contribution in [0.2, 0.25) is 0 Å². The molecule has 0 aliphatic carbocycles. The Morgan fingerprint density at radius 1 is 1.38 bits per heavy atom. The predicted molar refractivity (Wildman–Crippen MR) is 76.5 cm³/mol. The molecule has 3 rings (SSSR count).